The minimum absolute atomic E-state index is 0.0200. The van der Waals surface area contributed by atoms with Crippen LogP contribution in [0.1, 0.15) is 64.5 Å². The molecule has 3 rings (SSSR count). The van der Waals surface area contributed by atoms with Gasteiger partial charge >= 0.3 is 6.18 Å². The van der Waals surface area contributed by atoms with E-state index in [9.17, 15) is 18.0 Å². The van der Waals surface area contributed by atoms with Crippen LogP contribution in [0.2, 0.25) is 0 Å². The maximum atomic E-state index is 14.0. The molecule has 0 aromatic heterocycles. The second kappa shape index (κ2) is 8.84. The van der Waals surface area contributed by atoms with Gasteiger partial charge in [0.25, 0.3) is 0 Å². The van der Waals surface area contributed by atoms with E-state index in [1.807, 2.05) is 6.07 Å². The third-order valence-corrected chi connectivity index (χ3v) is 5.48. The number of ether oxygens (including phenoxy) is 1. The second-order valence-corrected chi connectivity index (χ2v) is 8.52. The van der Waals surface area contributed by atoms with Crippen LogP contribution in [0.25, 0.3) is 10.8 Å². The lowest BCUT2D eigenvalue weighted by atomic mass is 9.95. The average Bonchev–Trinajstić information content (AvgIpc) is 2.92. The third-order valence-electron chi connectivity index (χ3n) is 5.48. The number of hydrogen-bond donors (Lipinski definition) is 1. The molecule has 1 aliphatic heterocycles. The van der Waals surface area contributed by atoms with Crippen LogP contribution in [-0.4, -0.2) is 29.2 Å². The van der Waals surface area contributed by atoms with Crippen molar-refractivity contribution >= 4 is 16.7 Å². The van der Waals surface area contributed by atoms with Crippen LogP contribution < -0.4 is 10.2 Å². The van der Waals surface area contributed by atoms with Gasteiger partial charge in [-0.05, 0) is 54.8 Å². The van der Waals surface area contributed by atoms with E-state index in [2.05, 4.69) is 12.3 Å². The molecule has 0 radical (unpaired) electrons. The van der Waals surface area contributed by atoms with Crippen molar-refractivity contribution in [3.05, 3.63) is 42.0 Å². The first-order valence-electron chi connectivity index (χ1n) is 10.4. The van der Waals surface area contributed by atoms with Crippen molar-refractivity contribution < 1.29 is 22.7 Å². The lowest BCUT2D eigenvalue weighted by Gasteiger charge is -2.38. The van der Waals surface area contributed by atoms with E-state index in [1.165, 1.54) is 12.5 Å². The smallest absolute Gasteiger partial charge is 0.409 e. The normalized spacial score (nSPS) is 17.9. The van der Waals surface area contributed by atoms with Crippen LogP contribution in [0.4, 0.5) is 13.2 Å². The molecule has 4 nitrogen and oxygen atoms in total. The molecule has 0 spiro atoms. The summed E-state index contributed by atoms with van der Waals surface area (Å²) < 4.78 is 47.8. The van der Waals surface area contributed by atoms with Crippen molar-refractivity contribution in [3.8, 4) is 5.75 Å². The molecule has 1 heterocycles. The molecule has 1 fully saturated rings. The first-order valence-corrected chi connectivity index (χ1v) is 10.4. The molecule has 164 valence electrons. The van der Waals surface area contributed by atoms with E-state index in [0.29, 0.717) is 17.7 Å². The van der Waals surface area contributed by atoms with Gasteiger partial charge in [-0.15, -0.1) is 0 Å². The molecule has 1 saturated heterocycles. The maximum absolute atomic E-state index is 14.0. The highest BCUT2D eigenvalue weighted by Crippen LogP contribution is 2.43. The predicted molar refractivity (Wildman–Crippen MR) is 111 cm³/mol. The number of rotatable bonds is 8. The van der Waals surface area contributed by atoms with Crippen LogP contribution in [0.5, 0.6) is 5.75 Å². The van der Waals surface area contributed by atoms with Crippen molar-refractivity contribution in [1.82, 2.24) is 10.4 Å². The van der Waals surface area contributed by atoms with Gasteiger partial charge in [0.15, 0.2) is 6.04 Å². The molecule has 2 aromatic carbocycles. The fourth-order valence-electron chi connectivity index (χ4n) is 3.92. The Morgan fingerprint density at radius 1 is 1.10 bits per heavy atom. The minimum Gasteiger partial charge on any atom is -0.494 e. The number of alkyl halides is 3. The van der Waals surface area contributed by atoms with Gasteiger partial charge in [-0.25, -0.2) is 0 Å². The molecular weight excluding hydrogens is 393 g/mol. The zero-order chi connectivity index (χ0) is 21.9. The Bertz CT molecular complexity index is 896. The molecule has 30 heavy (non-hydrogen) atoms. The number of nitrogens with one attached hydrogen (secondary N) is 1. The Hall–Kier alpha value is -2.28. The maximum Gasteiger partial charge on any atom is 0.409 e. The summed E-state index contributed by atoms with van der Waals surface area (Å²) in [6.07, 6.45) is -0.0741. The van der Waals surface area contributed by atoms with E-state index in [-0.39, 0.29) is 12.0 Å². The van der Waals surface area contributed by atoms with Gasteiger partial charge in [-0.2, -0.15) is 18.2 Å². The highest BCUT2D eigenvalue weighted by Gasteiger charge is 2.52. The van der Waals surface area contributed by atoms with Crippen LogP contribution in [0.15, 0.2) is 36.4 Å². The third kappa shape index (κ3) is 5.06. The lowest BCUT2D eigenvalue weighted by Crippen LogP contribution is -2.51. The summed E-state index contributed by atoms with van der Waals surface area (Å²) in [5, 5.41) is 2.54. The monoisotopic (exact) mass is 422 g/mol. The number of fused-ring (bicyclic) bond motifs is 1. The number of unbranched alkanes of at least 4 members (excludes halogenated alkanes) is 3. The number of carbonyl (C=O) groups excluding carboxylic acids is 1. The highest BCUT2D eigenvalue weighted by atomic mass is 19.4. The molecule has 1 N–H and O–H groups in total. The zero-order valence-electron chi connectivity index (χ0n) is 17.7. The summed E-state index contributed by atoms with van der Waals surface area (Å²) in [4.78, 5) is 11.8. The van der Waals surface area contributed by atoms with Gasteiger partial charge in [0.1, 0.15) is 5.75 Å². The number of hydrazine groups is 1. The molecule has 1 aliphatic rings. The Balaban J connectivity index is 1.84. The molecule has 0 aliphatic carbocycles. The Morgan fingerprint density at radius 2 is 1.80 bits per heavy atom. The molecule has 0 bridgehead atoms. The summed E-state index contributed by atoms with van der Waals surface area (Å²) in [6.45, 7) is 6.05. The first kappa shape index (κ1) is 22.4. The van der Waals surface area contributed by atoms with Crippen LogP contribution in [-0.2, 0) is 4.79 Å². The topological polar surface area (TPSA) is 41.6 Å². The Morgan fingerprint density at radius 3 is 2.43 bits per heavy atom. The van der Waals surface area contributed by atoms with Gasteiger partial charge in [-0.1, -0.05) is 44.4 Å². The van der Waals surface area contributed by atoms with Crippen LogP contribution >= 0.6 is 0 Å². The number of halogens is 3. The molecular formula is C23H29F3N2O2. The number of benzene rings is 2. The van der Waals surface area contributed by atoms with Crippen molar-refractivity contribution in [2.75, 3.05) is 6.61 Å². The largest absolute Gasteiger partial charge is 0.494 e. The van der Waals surface area contributed by atoms with Gasteiger partial charge in [0.05, 0.1) is 6.61 Å². The van der Waals surface area contributed by atoms with E-state index in [1.54, 1.807) is 38.1 Å². The fourth-order valence-corrected chi connectivity index (χ4v) is 3.92. The molecule has 0 saturated carbocycles. The van der Waals surface area contributed by atoms with E-state index < -0.39 is 23.7 Å². The summed E-state index contributed by atoms with van der Waals surface area (Å²) in [7, 11) is 0. The second-order valence-electron chi connectivity index (χ2n) is 8.52. The number of carbonyl (C=O) groups is 1. The van der Waals surface area contributed by atoms with Gasteiger partial charge in [0, 0.05) is 12.0 Å². The lowest BCUT2D eigenvalue weighted by molar-refractivity contribution is -0.203. The average molecular weight is 422 g/mol. The summed E-state index contributed by atoms with van der Waals surface area (Å²) in [5.41, 5.74) is 1.55. The molecule has 2 aromatic rings. The van der Waals surface area contributed by atoms with Crippen molar-refractivity contribution in [1.29, 1.82) is 0 Å². The van der Waals surface area contributed by atoms with E-state index >= 15 is 0 Å². The number of hydrogen-bond acceptors (Lipinski definition) is 3. The van der Waals surface area contributed by atoms with E-state index in [0.717, 1.165) is 29.7 Å². The quantitative estimate of drug-likeness (QED) is 0.537. The summed E-state index contributed by atoms with van der Waals surface area (Å²) in [6, 6.07) is 8.20. The van der Waals surface area contributed by atoms with Crippen LogP contribution in [0.3, 0.4) is 0 Å². The minimum atomic E-state index is -4.54. The Labute approximate surface area is 175 Å². The molecule has 1 atom stereocenters. The van der Waals surface area contributed by atoms with Gasteiger partial charge < -0.3 is 4.74 Å². The predicted octanol–water partition coefficient (Wildman–Crippen LogP) is 5.92. The number of amides is 1. The van der Waals surface area contributed by atoms with Gasteiger partial charge in [-0.3, -0.25) is 10.2 Å². The fraction of sp³-hybridized carbons (Fsp3) is 0.522. The van der Waals surface area contributed by atoms with Gasteiger partial charge in [0.2, 0.25) is 5.91 Å². The van der Waals surface area contributed by atoms with Crippen molar-refractivity contribution in [2.24, 2.45) is 0 Å². The summed E-state index contributed by atoms with van der Waals surface area (Å²) in [5.74, 6) is 0.308. The van der Waals surface area contributed by atoms with Crippen molar-refractivity contribution in [3.63, 3.8) is 0 Å². The zero-order valence-corrected chi connectivity index (χ0v) is 17.7. The standard InChI is InChI=1S/C23H29F3N2O2/c1-4-5-6-7-12-30-19-11-10-16-13-18(9-8-17(16)14-19)21(23(24,25)26)28-22(2,3)15-20(29)27-28/h8-11,13-14,21H,4-7,12,15H2,1-3H3,(H,27,29)/t21-/m0/s1. The molecule has 7 heteroatoms. The first-order chi connectivity index (χ1) is 14.1. The van der Waals surface area contributed by atoms with Crippen molar-refractivity contribution in [2.45, 2.75) is 70.6 Å². The van der Waals surface area contributed by atoms with E-state index in [4.69, 9.17) is 4.74 Å². The molecule has 0 unspecified atom stereocenters. The molecule has 1 amide bonds. The SMILES string of the molecule is CCCCCCOc1ccc2cc([C@H](N3NC(=O)CC3(C)C)C(F)(F)F)ccc2c1. The van der Waals surface area contributed by atoms with Crippen LogP contribution in [0, 0.1) is 0 Å². The Kier molecular flexibility index (Phi) is 6.60. The highest BCUT2D eigenvalue weighted by molar-refractivity contribution is 5.85. The summed E-state index contributed by atoms with van der Waals surface area (Å²) >= 11 is 0. The number of nitrogens with zero attached hydrogens (tertiary/aromatic N) is 1.